The van der Waals surface area contributed by atoms with E-state index in [1.807, 2.05) is 6.92 Å². The molecule has 0 saturated carbocycles. The Kier molecular flexibility index (Phi) is 6.34. The minimum atomic E-state index is -1.06. The zero-order valence-corrected chi connectivity index (χ0v) is 14.0. The Morgan fingerprint density at radius 1 is 1.19 bits per heavy atom. The van der Waals surface area contributed by atoms with Gasteiger partial charge in [0.1, 0.15) is 17.4 Å². The molecule has 7 nitrogen and oxygen atoms in total. The molecule has 2 aromatic rings. The Morgan fingerprint density at radius 2 is 1.92 bits per heavy atom. The van der Waals surface area contributed by atoms with E-state index in [4.69, 9.17) is 9.84 Å². The number of aromatic carboxylic acids is 1. The van der Waals surface area contributed by atoms with Crippen LogP contribution in [0.5, 0.6) is 5.75 Å². The molecule has 0 aliphatic heterocycles. The summed E-state index contributed by atoms with van der Waals surface area (Å²) in [7, 11) is 0. The Hall–Kier alpha value is -3.79. The average molecular weight is 351 g/mol. The number of carboxylic acids is 1. The SMILES string of the molecule is CCOc1ccc(NC(=O)/C(C#N)=C\Nc2cccc(C(=O)O)c2)cc1. The van der Waals surface area contributed by atoms with Crippen LogP contribution in [0.2, 0.25) is 0 Å². The Morgan fingerprint density at radius 3 is 2.54 bits per heavy atom. The van der Waals surface area contributed by atoms with E-state index in [1.165, 1.54) is 18.3 Å². The van der Waals surface area contributed by atoms with Crippen LogP contribution in [0.25, 0.3) is 0 Å². The number of hydrogen-bond donors (Lipinski definition) is 3. The molecule has 0 saturated heterocycles. The van der Waals surface area contributed by atoms with Crippen molar-refractivity contribution in [2.75, 3.05) is 17.2 Å². The van der Waals surface area contributed by atoms with Crippen LogP contribution in [0.1, 0.15) is 17.3 Å². The Labute approximate surface area is 150 Å². The summed E-state index contributed by atoms with van der Waals surface area (Å²) in [5.74, 6) is -0.966. The third-order valence-corrected chi connectivity index (χ3v) is 3.28. The molecule has 0 fully saturated rings. The molecule has 3 N–H and O–H groups in total. The highest BCUT2D eigenvalue weighted by Crippen LogP contribution is 2.16. The van der Waals surface area contributed by atoms with Gasteiger partial charge in [0, 0.05) is 17.6 Å². The number of ether oxygens (including phenoxy) is 1. The van der Waals surface area contributed by atoms with Crippen LogP contribution in [-0.2, 0) is 4.79 Å². The van der Waals surface area contributed by atoms with Crippen LogP contribution in [-0.4, -0.2) is 23.6 Å². The van der Waals surface area contributed by atoms with Crippen molar-refractivity contribution in [3.05, 3.63) is 65.9 Å². The van der Waals surface area contributed by atoms with Crippen molar-refractivity contribution in [2.24, 2.45) is 0 Å². The van der Waals surface area contributed by atoms with Crippen LogP contribution in [0.15, 0.2) is 60.3 Å². The van der Waals surface area contributed by atoms with Gasteiger partial charge in [0.05, 0.1) is 12.2 Å². The number of nitriles is 1. The van der Waals surface area contributed by atoms with Crippen LogP contribution in [0.4, 0.5) is 11.4 Å². The van der Waals surface area contributed by atoms with Gasteiger partial charge in [0.25, 0.3) is 5.91 Å². The van der Waals surface area contributed by atoms with Gasteiger partial charge >= 0.3 is 5.97 Å². The number of anilines is 2. The van der Waals surface area contributed by atoms with E-state index in [-0.39, 0.29) is 11.1 Å². The molecule has 0 aromatic heterocycles. The molecule has 0 bridgehead atoms. The summed E-state index contributed by atoms with van der Waals surface area (Å²) in [6.07, 6.45) is 1.23. The van der Waals surface area contributed by atoms with E-state index in [2.05, 4.69) is 10.6 Å². The summed E-state index contributed by atoms with van der Waals surface area (Å²) < 4.78 is 5.32. The number of nitrogens with zero attached hydrogens (tertiary/aromatic N) is 1. The Bertz CT molecular complexity index is 867. The van der Waals surface area contributed by atoms with Crippen LogP contribution >= 0.6 is 0 Å². The molecule has 2 rings (SSSR count). The van der Waals surface area contributed by atoms with E-state index in [1.54, 1.807) is 42.5 Å². The molecule has 2 aromatic carbocycles. The lowest BCUT2D eigenvalue weighted by Crippen LogP contribution is -2.14. The smallest absolute Gasteiger partial charge is 0.335 e. The fraction of sp³-hybridized carbons (Fsp3) is 0.105. The summed E-state index contributed by atoms with van der Waals surface area (Å²) in [6.45, 7) is 2.42. The van der Waals surface area contributed by atoms with Crippen LogP contribution in [0, 0.1) is 11.3 Å². The minimum absolute atomic E-state index is 0.0979. The number of carbonyl (C=O) groups excluding carboxylic acids is 1. The predicted octanol–water partition coefficient (Wildman–Crippen LogP) is 3.24. The first kappa shape index (κ1) is 18.5. The number of hydrogen-bond acceptors (Lipinski definition) is 5. The number of amides is 1. The van der Waals surface area contributed by atoms with Crippen molar-refractivity contribution in [2.45, 2.75) is 6.92 Å². The first-order valence-electron chi connectivity index (χ1n) is 7.78. The molecular formula is C19H17N3O4. The molecular weight excluding hydrogens is 334 g/mol. The fourth-order valence-corrected chi connectivity index (χ4v) is 2.05. The zero-order chi connectivity index (χ0) is 18.9. The lowest BCUT2D eigenvalue weighted by Gasteiger charge is -2.07. The molecule has 0 spiro atoms. The monoisotopic (exact) mass is 351 g/mol. The predicted molar refractivity (Wildman–Crippen MR) is 97.0 cm³/mol. The van der Waals surface area contributed by atoms with E-state index in [0.29, 0.717) is 23.7 Å². The summed E-state index contributed by atoms with van der Waals surface area (Å²) >= 11 is 0. The number of benzene rings is 2. The maximum atomic E-state index is 12.2. The first-order valence-corrected chi connectivity index (χ1v) is 7.78. The molecule has 0 heterocycles. The third kappa shape index (κ3) is 5.11. The van der Waals surface area contributed by atoms with E-state index >= 15 is 0 Å². The number of nitrogens with one attached hydrogen (secondary N) is 2. The minimum Gasteiger partial charge on any atom is -0.494 e. The van der Waals surface area contributed by atoms with Crippen molar-refractivity contribution < 1.29 is 19.4 Å². The van der Waals surface area contributed by atoms with Gasteiger partial charge in [0.15, 0.2) is 0 Å². The summed E-state index contributed by atoms with van der Waals surface area (Å²) in [6, 6.07) is 14.6. The standard InChI is InChI=1S/C19H17N3O4/c1-2-26-17-8-6-15(7-9-17)22-18(23)14(11-20)12-21-16-5-3-4-13(10-16)19(24)25/h3-10,12,21H,2H2,1H3,(H,22,23)(H,24,25)/b14-12-. The second kappa shape index (κ2) is 8.89. The highest BCUT2D eigenvalue weighted by atomic mass is 16.5. The molecule has 26 heavy (non-hydrogen) atoms. The third-order valence-electron chi connectivity index (χ3n) is 3.28. The van der Waals surface area contributed by atoms with Crippen molar-refractivity contribution in [3.8, 4) is 11.8 Å². The van der Waals surface area contributed by atoms with E-state index < -0.39 is 11.9 Å². The van der Waals surface area contributed by atoms with Gasteiger partial charge < -0.3 is 20.5 Å². The Balaban J connectivity index is 2.06. The van der Waals surface area contributed by atoms with Crippen LogP contribution in [0.3, 0.4) is 0 Å². The van der Waals surface area contributed by atoms with Gasteiger partial charge in [-0.1, -0.05) is 6.07 Å². The second-order valence-corrected chi connectivity index (χ2v) is 5.11. The molecule has 0 aliphatic carbocycles. The molecule has 0 atom stereocenters. The van der Waals surface area contributed by atoms with Crippen molar-refractivity contribution in [1.82, 2.24) is 0 Å². The summed E-state index contributed by atoms with van der Waals surface area (Å²) in [4.78, 5) is 23.1. The van der Waals surface area contributed by atoms with Crippen molar-refractivity contribution in [3.63, 3.8) is 0 Å². The normalized spacial score (nSPS) is 10.5. The average Bonchev–Trinajstić information content (AvgIpc) is 2.64. The van der Waals surface area contributed by atoms with Gasteiger partial charge in [-0.05, 0) is 49.4 Å². The number of rotatable bonds is 7. The molecule has 0 aliphatic rings. The highest BCUT2D eigenvalue weighted by Gasteiger charge is 2.10. The van der Waals surface area contributed by atoms with Crippen molar-refractivity contribution >= 4 is 23.3 Å². The number of carboxylic acid groups (broad SMARTS) is 1. The lowest BCUT2D eigenvalue weighted by atomic mass is 10.2. The molecule has 0 unspecified atom stereocenters. The molecule has 7 heteroatoms. The van der Waals surface area contributed by atoms with Crippen molar-refractivity contribution in [1.29, 1.82) is 5.26 Å². The largest absolute Gasteiger partial charge is 0.494 e. The highest BCUT2D eigenvalue weighted by molar-refractivity contribution is 6.06. The molecule has 132 valence electrons. The second-order valence-electron chi connectivity index (χ2n) is 5.11. The van der Waals surface area contributed by atoms with Crippen LogP contribution < -0.4 is 15.4 Å². The first-order chi connectivity index (χ1) is 12.5. The number of carbonyl (C=O) groups is 2. The lowest BCUT2D eigenvalue weighted by molar-refractivity contribution is -0.112. The molecule has 1 amide bonds. The topological polar surface area (TPSA) is 111 Å². The van der Waals surface area contributed by atoms with Gasteiger partial charge in [-0.15, -0.1) is 0 Å². The maximum absolute atomic E-state index is 12.2. The van der Waals surface area contributed by atoms with Gasteiger partial charge in [-0.2, -0.15) is 5.26 Å². The quantitative estimate of drug-likeness (QED) is 0.521. The zero-order valence-electron chi connectivity index (χ0n) is 14.0. The van der Waals surface area contributed by atoms with E-state index in [9.17, 15) is 14.9 Å². The van der Waals surface area contributed by atoms with E-state index in [0.717, 1.165) is 0 Å². The van der Waals surface area contributed by atoms with Gasteiger partial charge in [-0.25, -0.2) is 4.79 Å². The molecule has 0 radical (unpaired) electrons. The van der Waals surface area contributed by atoms with Gasteiger partial charge in [-0.3, -0.25) is 4.79 Å². The maximum Gasteiger partial charge on any atom is 0.335 e. The summed E-state index contributed by atoms with van der Waals surface area (Å²) in [5, 5.41) is 23.5. The summed E-state index contributed by atoms with van der Waals surface area (Å²) in [5.41, 5.74) is 0.916. The fourth-order valence-electron chi connectivity index (χ4n) is 2.05. The van der Waals surface area contributed by atoms with Gasteiger partial charge in [0.2, 0.25) is 0 Å².